The molecule has 4 rings (SSSR count). The summed E-state index contributed by atoms with van der Waals surface area (Å²) in [5.74, 6) is 2.55. The van der Waals surface area contributed by atoms with Gasteiger partial charge in [0.15, 0.2) is 0 Å². The molecule has 0 saturated heterocycles. The number of nitrogens with one attached hydrogen (secondary N) is 1. The van der Waals surface area contributed by atoms with Crippen molar-refractivity contribution in [1.82, 2.24) is 5.32 Å². The molecule has 1 amide bonds. The molecule has 0 aliphatic heterocycles. The first kappa shape index (κ1) is 28.4. The number of aliphatic hydroxyl groups excluding tert-OH is 1. The van der Waals surface area contributed by atoms with Gasteiger partial charge in [-0.15, -0.1) is 0 Å². The first-order valence-electron chi connectivity index (χ1n) is 15.5. The largest absolute Gasteiger partial charge is 0.393 e. The van der Waals surface area contributed by atoms with E-state index in [0.717, 1.165) is 31.7 Å². The normalized spacial score (nSPS) is 53.2. The van der Waals surface area contributed by atoms with Crippen molar-refractivity contribution in [3.63, 3.8) is 0 Å². The van der Waals surface area contributed by atoms with Gasteiger partial charge in [-0.2, -0.15) is 0 Å². The van der Waals surface area contributed by atoms with Crippen molar-refractivity contribution < 1.29 is 9.90 Å². The van der Waals surface area contributed by atoms with E-state index in [1.54, 1.807) is 0 Å². The Morgan fingerprint density at radius 2 is 1.58 bits per heavy atom. The first-order valence-corrected chi connectivity index (χ1v) is 15.5. The second kappa shape index (κ2) is 8.99. The summed E-state index contributed by atoms with van der Waals surface area (Å²) < 4.78 is 0. The minimum Gasteiger partial charge on any atom is -0.393 e. The number of hydrogen-bond donors (Lipinski definition) is 2. The molecule has 3 nitrogen and oxygen atoms in total. The van der Waals surface area contributed by atoms with Gasteiger partial charge in [0.25, 0.3) is 0 Å². The van der Waals surface area contributed by atoms with E-state index in [9.17, 15) is 9.90 Å². The summed E-state index contributed by atoms with van der Waals surface area (Å²) in [6.07, 6.45) is 10.8. The van der Waals surface area contributed by atoms with E-state index in [1.807, 2.05) is 0 Å². The lowest BCUT2D eigenvalue weighted by molar-refractivity contribution is -0.331. The Balaban J connectivity index is 1.70. The minimum absolute atomic E-state index is 0.0859. The maximum Gasteiger partial charge on any atom is 0.220 e. The Kier molecular flexibility index (Phi) is 7.10. The standard InChI is InChI=1S/C33H59NO2/c1-11-18-34-27(36)13-12-23(3)25-15-17-30(7)32(25,9)26(35)21-31(8)29(6)16-14-22(2)19-28(29,5)20-24(4)33(30,31)10/h22-26,35H,11-21H2,1-10H3,(H,34,36)/t22-,23-,24-,25-,26+,28+,29+,30-,31-,32+,33+/m1/s1. The third-order valence-electron chi connectivity index (χ3n) is 14.8. The van der Waals surface area contributed by atoms with Crippen molar-refractivity contribution in [1.29, 1.82) is 0 Å². The van der Waals surface area contributed by atoms with E-state index in [2.05, 4.69) is 74.6 Å². The Morgan fingerprint density at radius 3 is 2.22 bits per heavy atom. The lowest BCUT2D eigenvalue weighted by atomic mass is 9.25. The molecule has 0 heterocycles. The van der Waals surface area contributed by atoms with Gasteiger partial charge < -0.3 is 10.4 Å². The zero-order valence-corrected chi connectivity index (χ0v) is 25.5. The van der Waals surface area contributed by atoms with Crippen LogP contribution in [0.4, 0.5) is 0 Å². The monoisotopic (exact) mass is 501 g/mol. The summed E-state index contributed by atoms with van der Waals surface area (Å²) in [5, 5.41) is 15.3. The van der Waals surface area contributed by atoms with E-state index < -0.39 is 0 Å². The second-order valence-corrected chi connectivity index (χ2v) is 15.7. The average molecular weight is 502 g/mol. The Morgan fingerprint density at radius 1 is 0.944 bits per heavy atom. The van der Waals surface area contributed by atoms with Gasteiger partial charge in [0.05, 0.1) is 6.10 Å². The van der Waals surface area contributed by atoms with E-state index in [0.29, 0.717) is 29.6 Å². The van der Waals surface area contributed by atoms with Gasteiger partial charge >= 0.3 is 0 Å². The SMILES string of the molecule is CCCNC(=O)CC[C@@H](C)[C@H]1CC[C@]2(C)[C@]1(C)[C@@H](O)C[C@]1(C)[C@@]3(C)CC[C@@H](C)C[C@@]3(C)C[C@@H](C)[C@@]21C. The highest BCUT2D eigenvalue weighted by atomic mass is 16.3. The maximum atomic E-state index is 12.4. The van der Waals surface area contributed by atoms with Crippen molar-refractivity contribution in [2.24, 2.45) is 56.2 Å². The highest BCUT2D eigenvalue weighted by Crippen LogP contribution is 2.85. The van der Waals surface area contributed by atoms with Gasteiger partial charge in [0.2, 0.25) is 5.91 Å². The van der Waals surface area contributed by atoms with Crippen LogP contribution in [0.3, 0.4) is 0 Å². The number of hydrogen-bond acceptors (Lipinski definition) is 2. The summed E-state index contributed by atoms with van der Waals surface area (Å²) in [7, 11) is 0. The van der Waals surface area contributed by atoms with Crippen molar-refractivity contribution in [3.8, 4) is 0 Å². The van der Waals surface area contributed by atoms with Crippen molar-refractivity contribution in [3.05, 3.63) is 0 Å². The molecule has 0 aromatic carbocycles. The second-order valence-electron chi connectivity index (χ2n) is 15.7. The molecule has 2 N–H and O–H groups in total. The molecule has 208 valence electrons. The van der Waals surface area contributed by atoms with Crippen molar-refractivity contribution >= 4 is 5.91 Å². The Hall–Kier alpha value is -0.570. The van der Waals surface area contributed by atoms with Crippen LogP contribution in [-0.2, 0) is 4.79 Å². The van der Waals surface area contributed by atoms with Gasteiger partial charge in [-0.1, -0.05) is 75.7 Å². The molecular weight excluding hydrogens is 442 g/mol. The minimum atomic E-state index is -0.282. The molecule has 4 aliphatic rings. The van der Waals surface area contributed by atoms with E-state index in [1.165, 1.54) is 38.5 Å². The number of fused-ring (bicyclic) bond motifs is 5. The maximum absolute atomic E-state index is 12.4. The van der Waals surface area contributed by atoms with Gasteiger partial charge in [0, 0.05) is 18.4 Å². The molecule has 0 aromatic heterocycles. The van der Waals surface area contributed by atoms with Crippen LogP contribution in [0.15, 0.2) is 0 Å². The quantitative estimate of drug-likeness (QED) is 0.387. The van der Waals surface area contributed by atoms with Crippen molar-refractivity contribution in [2.75, 3.05) is 6.54 Å². The number of rotatable bonds is 6. The fourth-order valence-corrected chi connectivity index (χ4v) is 12.0. The summed E-state index contributed by atoms with van der Waals surface area (Å²) >= 11 is 0. The number of carbonyl (C=O) groups is 1. The summed E-state index contributed by atoms with van der Waals surface area (Å²) in [6.45, 7) is 25.8. The van der Waals surface area contributed by atoms with Crippen LogP contribution in [0.25, 0.3) is 0 Å². The summed E-state index contributed by atoms with van der Waals surface area (Å²) in [4.78, 5) is 12.4. The zero-order valence-electron chi connectivity index (χ0n) is 25.5. The molecule has 3 heteroatoms. The fraction of sp³-hybridized carbons (Fsp3) is 0.970. The summed E-state index contributed by atoms with van der Waals surface area (Å²) in [5.41, 5.74) is 0.858. The highest BCUT2D eigenvalue weighted by molar-refractivity contribution is 5.75. The van der Waals surface area contributed by atoms with Crippen molar-refractivity contribution in [2.45, 2.75) is 140 Å². The van der Waals surface area contributed by atoms with Gasteiger partial charge in [-0.25, -0.2) is 0 Å². The third kappa shape index (κ3) is 3.35. The van der Waals surface area contributed by atoms with Crippen LogP contribution in [-0.4, -0.2) is 23.7 Å². The topological polar surface area (TPSA) is 49.3 Å². The molecule has 4 aliphatic carbocycles. The molecule has 0 aromatic rings. The van der Waals surface area contributed by atoms with Crippen LogP contribution in [0.5, 0.6) is 0 Å². The number of amides is 1. The molecule has 4 saturated carbocycles. The predicted molar refractivity (Wildman–Crippen MR) is 150 cm³/mol. The molecule has 36 heavy (non-hydrogen) atoms. The molecule has 11 atom stereocenters. The average Bonchev–Trinajstić information content (AvgIpc) is 3.09. The highest BCUT2D eigenvalue weighted by Gasteiger charge is 2.80. The van der Waals surface area contributed by atoms with Gasteiger partial charge in [-0.3, -0.25) is 4.79 Å². The molecule has 0 radical (unpaired) electrons. The first-order chi connectivity index (χ1) is 16.6. The van der Waals surface area contributed by atoms with Crippen LogP contribution in [0, 0.1) is 56.2 Å². The van der Waals surface area contributed by atoms with Gasteiger partial charge in [-0.05, 0) is 102 Å². The van der Waals surface area contributed by atoms with E-state index in [-0.39, 0.29) is 39.1 Å². The lowest BCUT2D eigenvalue weighted by Gasteiger charge is -2.80. The van der Waals surface area contributed by atoms with Gasteiger partial charge in [0.1, 0.15) is 0 Å². The fourth-order valence-electron chi connectivity index (χ4n) is 12.0. The summed E-state index contributed by atoms with van der Waals surface area (Å²) in [6, 6.07) is 0. The van der Waals surface area contributed by atoms with Crippen LogP contribution < -0.4 is 5.32 Å². The van der Waals surface area contributed by atoms with E-state index >= 15 is 0 Å². The molecule has 4 fully saturated rings. The molecule has 0 spiro atoms. The lowest BCUT2D eigenvalue weighted by Crippen LogP contribution is -2.75. The molecule has 0 bridgehead atoms. The third-order valence-corrected chi connectivity index (χ3v) is 14.8. The molecule has 0 unspecified atom stereocenters. The zero-order chi connectivity index (χ0) is 26.9. The Labute approximate surface area is 223 Å². The van der Waals surface area contributed by atoms with Crippen LogP contribution >= 0.6 is 0 Å². The smallest absolute Gasteiger partial charge is 0.220 e. The molecular formula is C33H59NO2. The van der Waals surface area contributed by atoms with Crippen LogP contribution in [0.1, 0.15) is 133 Å². The number of carbonyl (C=O) groups excluding carboxylic acids is 1. The van der Waals surface area contributed by atoms with E-state index in [4.69, 9.17) is 0 Å². The number of aliphatic hydroxyl groups is 1. The van der Waals surface area contributed by atoms with Crippen LogP contribution in [0.2, 0.25) is 0 Å². The Bertz CT molecular complexity index is 857. The predicted octanol–water partition coefficient (Wildman–Crippen LogP) is 8.00.